The van der Waals surface area contributed by atoms with Gasteiger partial charge in [-0.3, -0.25) is 4.79 Å². The maximum absolute atomic E-state index is 13.0. The molecule has 1 heterocycles. The third-order valence-electron chi connectivity index (χ3n) is 5.11. The number of carbonyl (C=O) groups is 2. The highest BCUT2D eigenvalue weighted by Crippen LogP contribution is 2.33. The monoisotopic (exact) mass is 500 g/mol. The molecule has 1 amide bonds. The highest BCUT2D eigenvalue weighted by Gasteiger charge is 2.19. The summed E-state index contributed by atoms with van der Waals surface area (Å²) in [4.78, 5) is 29.8. The van der Waals surface area contributed by atoms with Crippen molar-refractivity contribution in [2.75, 3.05) is 11.9 Å². The zero-order valence-electron chi connectivity index (χ0n) is 17.2. The van der Waals surface area contributed by atoms with Crippen molar-refractivity contribution in [1.82, 2.24) is 4.98 Å². The van der Waals surface area contributed by atoms with Crippen molar-refractivity contribution in [2.24, 2.45) is 0 Å². The average Bonchev–Trinajstić information content (AvgIpc) is 3.27. The molecule has 5 aromatic rings. The Bertz CT molecular complexity index is 1450. The molecule has 0 aliphatic heterocycles. The lowest BCUT2D eigenvalue weighted by molar-refractivity contribution is -0.119. The molecule has 0 saturated carbocycles. The number of anilines is 1. The van der Waals surface area contributed by atoms with Crippen LogP contribution in [0.25, 0.3) is 33.3 Å². The SMILES string of the molecule is O=C(COC(=O)c1cccc2cccc(-c3nc4ccccc4o3)c12)Nc1ccc(Br)cc1. The lowest BCUT2D eigenvalue weighted by atomic mass is 9.99. The predicted octanol–water partition coefficient (Wildman–Crippen LogP) is 6.21. The number of rotatable bonds is 5. The minimum Gasteiger partial charge on any atom is -0.452 e. The van der Waals surface area contributed by atoms with Crippen LogP contribution in [-0.4, -0.2) is 23.5 Å². The number of hydrogen-bond acceptors (Lipinski definition) is 5. The first-order valence-electron chi connectivity index (χ1n) is 10.2. The largest absolute Gasteiger partial charge is 0.452 e. The molecular formula is C26H17BrN2O4. The van der Waals surface area contributed by atoms with Gasteiger partial charge >= 0.3 is 5.97 Å². The molecule has 0 fully saturated rings. The number of oxazole rings is 1. The summed E-state index contributed by atoms with van der Waals surface area (Å²) in [6.45, 7) is -0.406. The van der Waals surface area contributed by atoms with Gasteiger partial charge in [-0.2, -0.15) is 0 Å². The van der Waals surface area contributed by atoms with Gasteiger partial charge in [0.2, 0.25) is 5.89 Å². The molecule has 0 bridgehead atoms. The van der Waals surface area contributed by atoms with Gasteiger partial charge in [-0.1, -0.05) is 52.3 Å². The van der Waals surface area contributed by atoms with E-state index in [4.69, 9.17) is 9.15 Å². The van der Waals surface area contributed by atoms with E-state index in [0.29, 0.717) is 33.7 Å². The number of benzene rings is 4. The van der Waals surface area contributed by atoms with Gasteiger partial charge in [0.25, 0.3) is 5.91 Å². The molecule has 33 heavy (non-hydrogen) atoms. The van der Waals surface area contributed by atoms with Crippen LogP contribution in [0.5, 0.6) is 0 Å². The highest BCUT2D eigenvalue weighted by molar-refractivity contribution is 9.10. The number of aromatic nitrogens is 1. The third-order valence-corrected chi connectivity index (χ3v) is 5.64. The van der Waals surface area contributed by atoms with E-state index in [1.807, 2.05) is 60.7 Å². The van der Waals surface area contributed by atoms with Crippen molar-refractivity contribution in [3.63, 3.8) is 0 Å². The van der Waals surface area contributed by atoms with Gasteiger partial charge in [-0.05, 0) is 53.9 Å². The summed E-state index contributed by atoms with van der Waals surface area (Å²) in [7, 11) is 0. The summed E-state index contributed by atoms with van der Waals surface area (Å²) in [6, 6.07) is 25.6. The van der Waals surface area contributed by atoms with E-state index in [9.17, 15) is 9.59 Å². The van der Waals surface area contributed by atoms with Gasteiger partial charge in [0, 0.05) is 21.1 Å². The normalized spacial score (nSPS) is 10.9. The molecule has 7 heteroatoms. The summed E-state index contributed by atoms with van der Waals surface area (Å²) in [5, 5.41) is 4.20. The molecule has 1 N–H and O–H groups in total. The van der Waals surface area contributed by atoms with Gasteiger partial charge in [-0.15, -0.1) is 0 Å². The van der Waals surface area contributed by atoms with Crippen LogP contribution >= 0.6 is 15.9 Å². The molecule has 5 rings (SSSR count). The lowest BCUT2D eigenvalue weighted by Crippen LogP contribution is -2.21. The van der Waals surface area contributed by atoms with Crippen molar-refractivity contribution >= 4 is 55.4 Å². The first kappa shape index (κ1) is 20.9. The summed E-state index contributed by atoms with van der Waals surface area (Å²) >= 11 is 3.35. The quantitative estimate of drug-likeness (QED) is 0.290. The maximum atomic E-state index is 13.0. The Morgan fingerprint density at radius 2 is 1.67 bits per heavy atom. The van der Waals surface area contributed by atoms with Crippen LogP contribution in [0.1, 0.15) is 10.4 Å². The average molecular weight is 501 g/mol. The second-order valence-corrected chi connectivity index (χ2v) is 8.24. The Kier molecular flexibility index (Phi) is 5.62. The fraction of sp³-hybridized carbons (Fsp3) is 0.0385. The van der Waals surface area contributed by atoms with Crippen LogP contribution in [0.2, 0.25) is 0 Å². The van der Waals surface area contributed by atoms with Crippen LogP contribution in [-0.2, 0) is 9.53 Å². The van der Waals surface area contributed by atoms with Crippen LogP contribution in [0.3, 0.4) is 0 Å². The molecule has 0 atom stereocenters. The van der Waals surface area contributed by atoms with Crippen molar-refractivity contribution in [3.05, 3.63) is 95.0 Å². The van der Waals surface area contributed by atoms with Gasteiger partial charge in [-0.25, -0.2) is 9.78 Å². The van der Waals surface area contributed by atoms with Gasteiger partial charge in [0.1, 0.15) is 5.52 Å². The summed E-state index contributed by atoms with van der Waals surface area (Å²) < 4.78 is 12.2. The van der Waals surface area contributed by atoms with Crippen LogP contribution in [0, 0.1) is 0 Å². The number of ether oxygens (including phenoxy) is 1. The van der Waals surface area contributed by atoms with E-state index in [2.05, 4.69) is 26.2 Å². The molecule has 0 saturated heterocycles. The van der Waals surface area contributed by atoms with Crippen molar-refractivity contribution in [2.45, 2.75) is 0 Å². The fourth-order valence-corrected chi connectivity index (χ4v) is 3.88. The second kappa shape index (κ2) is 8.88. The molecule has 0 unspecified atom stereocenters. The molecule has 0 spiro atoms. The Morgan fingerprint density at radius 1 is 0.909 bits per heavy atom. The summed E-state index contributed by atoms with van der Waals surface area (Å²) in [5.74, 6) is -0.616. The second-order valence-electron chi connectivity index (χ2n) is 7.33. The Morgan fingerprint density at radius 3 is 2.45 bits per heavy atom. The van der Waals surface area contributed by atoms with Crippen molar-refractivity contribution < 1.29 is 18.7 Å². The number of fused-ring (bicyclic) bond motifs is 2. The van der Waals surface area contributed by atoms with Crippen LogP contribution in [0.15, 0.2) is 93.8 Å². The van der Waals surface area contributed by atoms with Crippen molar-refractivity contribution in [3.8, 4) is 11.5 Å². The summed E-state index contributed by atoms with van der Waals surface area (Å²) in [6.07, 6.45) is 0. The van der Waals surface area contributed by atoms with Gasteiger partial charge in [0.15, 0.2) is 12.2 Å². The highest BCUT2D eigenvalue weighted by atomic mass is 79.9. The van der Waals surface area contributed by atoms with E-state index >= 15 is 0 Å². The van der Waals surface area contributed by atoms with E-state index in [1.54, 1.807) is 24.3 Å². The topological polar surface area (TPSA) is 81.4 Å². The van der Waals surface area contributed by atoms with Crippen molar-refractivity contribution in [1.29, 1.82) is 0 Å². The molecule has 6 nitrogen and oxygen atoms in total. The minimum atomic E-state index is -0.602. The van der Waals surface area contributed by atoms with E-state index in [-0.39, 0.29) is 0 Å². The molecule has 162 valence electrons. The molecule has 4 aromatic carbocycles. The Labute approximate surface area is 197 Å². The molecule has 0 aliphatic rings. The van der Waals surface area contributed by atoms with E-state index < -0.39 is 18.5 Å². The zero-order chi connectivity index (χ0) is 22.8. The number of amides is 1. The lowest BCUT2D eigenvalue weighted by Gasteiger charge is -2.10. The first-order valence-corrected chi connectivity index (χ1v) is 11.0. The van der Waals surface area contributed by atoms with Gasteiger partial charge < -0.3 is 14.5 Å². The van der Waals surface area contributed by atoms with Gasteiger partial charge in [0.05, 0.1) is 5.56 Å². The fourth-order valence-electron chi connectivity index (χ4n) is 3.62. The smallest absolute Gasteiger partial charge is 0.339 e. The predicted molar refractivity (Wildman–Crippen MR) is 130 cm³/mol. The van der Waals surface area contributed by atoms with Crippen LogP contribution < -0.4 is 5.32 Å². The Hall–Kier alpha value is -3.97. The summed E-state index contributed by atoms with van der Waals surface area (Å²) in [5.41, 5.74) is 3.02. The zero-order valence-corrected chi connectivity index (χ0v) is 18.8. The number of halogens is 1. The first-order chi connectivity index (χ1) is 16.1. The van der Waals surface area contributed by atoms with E-state index in [0.717, 1.165) is 15.4 Å². The van der Waals surface area contributed by atoms with E-state index in [1.165, 1.54) is 0 Å². The number of nitrogens with one attached hydrogen (secondary N) is 1. The minimum absolute atomic E-state index is 0.335. The molecule has 0 radical (unpaired) electrons. The maximum Gasteiger partial charge on any atom is 0.339 e. The molecule has 0 aliphatic carbocycles. The molecular weight excluding hydrogens is 484 g/mol. The van der Waals surface area contributed by atoms with Crippen LogP contribution in [0.4, 0.5) is 5.69 Å². The standard InChI is InChI=1S/C26H17BrN2O4/c27-17-11-13-18(14-12-17)28-23(30)15-32-26(31)20-8-4-6-16-5-3-7-19(24(16)20)25-29-21-9-1-2-10-22(21)33-25/h1-14H,15H2,(H,28,30). The number of esters is 1. The number of carbonyl (C=O) groups excluding carboxylic acids is 2. The third kappa shape index (κ3) is 4.36. The molecule has 1 aromatic heterocycles. The number of hydrogen-bond donors (Lipinski definition) is 1. The number of para-hydroxylation sites is 2. The Balaban J connectivity index is 1.42. The number of nitrogens with zero attached hydrogens (tertiary/aromatic N) is 1.